The van der Waals surface area contributed by atoms with Crippen molar-refractivity contribution in [1.82, 2.24) is 4.98 Å². The van der Waals surface area contributed by atoms with E-state index in [1.54, 1.807) is 6.92 Å². The second kappa shape index (κ2) is 4.22. The van der Waals surface area contributed by atoms with Gasteiger partial charge in [0.25, 0.3) is 5.69 Å². The lowest BCUT2D eigenvalue weighted by Crippen LogP contribution is -2.05. The van der Waals surface area contributed by atoms with Crippen LogP contribution in [0.25, 0.3) is 0 Å². The lowest BCUT2D eigenvalue weighted by Gasteiger charge is -2.02. The molecule has 0 fully saturated rings. The third-order valence-electron chi connectivity index (χ3n) is 1.79. The summed E-state index contributed by atoms with van der Waals surface area (Å²) in [5.74, 6) is -1.33. The molecule has 1 N–H and O–H groups in total. The largest absolute Gasteiger partial charge is 0.478 e. The van der Waals surface area contributed by atoms with E-state index >= 15 is 0 Å². The molecule has 6 nitrogen and oxygen atoms in total. The van der Waals surface area contributed by atoms with Crippen molar-refractivity contribution in [3.8, 4) is 0 Å². The number of aryl methyl sites for hydroxylation is 1. The van der Waals surface area contributed by atoms with Gasteiger partial charge in [0, 0.05) is 6.07 Å². The van der Waals surface area contributed by atoms with Gasteiger partial charge in [-0.1, -0.05) is 18.5 Å². The van der Waals surface area contributed by atoms with Gasteiger partial charge in [0.2, 0.25) is 0 Å². The van der Waals surface area contributed by atoms with Crippen LogP contribution >= 0.6 is 11.6 Å². The number of hydrogen-bond donors (Lipinski definition) is 1. The molecular weight excluding hydrogens is 224 g/mol. The Morgan fingerprint density at radius 3 is 2.73 bits per heavy atom. The number of carbonyl (C=O) groups is 1. The summed E-state index contributed by atoms with van der Waals surface area (Å²) in [6.45, 7) is 1.67. The number of pyridine rings is 1. The zero-order valence-corrected chi connectivity index (χ0v) is 8.48. The summed E-state index contributed by atoms with van der Waals surface area (Å²) in [5.41, 5.74) is -0.505. The maximum Gasteiger partial charge on any atom is 0.339 e. The number of nitrogens with zero attached hydrogens (tertiary/aromatic N) is 2. The molecule has 0 spiro atoms. The summed E-state index contributed by atoms with van der Waals surface area (Å²) in [7, 11) is 0. The monoisotopic (exact) mass is 230 g/mol. The van der Waals surface area contributed by atoms with Gasteiger partial charge < -0.3 is 5.11 Å². The summed E-state index contributed by atoms with van der Waals surface area (Å²) in [4.78, 5) is 24.3. The van der Waals surface area contributed by atoms with Crippen LogP contribution in [-0.4, -0.2) is 21.0 Å². The van der Waals surface area contributed by atoms with E-state index in [4.69, 9.17) is 16.7 Å². The molecule has 0 amide bonds. The molecule has 1 rings (SSSR count). The number of hydrogen-bond acceptors (Lipinski definition) is 4. The molecule has 1 aromatic heterocycles. The van der Waals surface area contributed by atoms with Crippen LogP contribution in [0.15, 0.2) is 6.07 Å². The number of carboxylic acid groups (broad SMARTS) is 1. The zero-order chi connectivity index (χ0) is 11.6. The molecule has 1 heterocycles. The van der Waals surface area contributed by atoms with Crippen molar-refractivity contribution < 1.29 is 14.8 Å². The lowest BCUT2D eigenvalue weighted by molar-refractivity contribution is -0.385. The fourth-order valence-electron chi connectivity index (χ4n) is 1.08. The van der Waals surface area contributed by atoms with Gasteiger partial charge in [0.15, 0.2) is 0 Å². The maximum atomic E-state index is 10.6. The fourth-order valence-corrected chi connectivity index (χ4v) is 1.32. The quantitative estimate of drug-likeness (QED) is 0.486. The van der Waals surface area contributed by atoms with Crippen LogP contribution in [-0.2, 0) is 6.42 Å². The van der Waals surface area contributed by atoms with Gasteiger partial charge in [0.05, 0.1) is 4.92 Å². The summed E-state index contributed by atoms with van der Waals surface area (Å²) in [5, 5.41) is 19.1. The van der Waals surface area contributed by atoms with Crippen molar-refractivity contribution in [2.24, 2.45) is 0 Å². The van der Waals surface area contributed by atoms with E-state index < -0.39 is 10.9 Å². The SMILES string of the molecule is CCc1nc(Cl)c(C(=O)O)cc1[N+](=O)[O-]. The number of aromatic carboxylic acids is 1. The number of aromatic nitrogens is 1. The predicted octanol–water partition coefficient (Wildman–Crippen LogP) is 1.90. The first-order chi connectivity index (χ1) is 6.97. The van der Waals surface area contributed by atoms with E-state index in [0.717, 1.165) is 6.07 Å². The average Bonchev–Trinajstić information content (AvgIpc) is 2.16. The topological polar surface area (TPSA) is 93.3 Å². The van der Waals surface area contributed by atoms with E-state index in [-0.39, 0.29) is 22.1 Å². The van der Waals surface area contributed by atoms with Crippen LogP contribution in [0.4, 0.5) is 5.69 Å². The van der Waals surface area contributed by atoms with Crippen LogP contribution in [0.3, 0.4) is 0 Å². The Hall–Kier alpha value is -1.69. The minimum atomic E-state index is -1.33. The van der Waals surface area contributed by atoms with Gasteiger partial charge in [-0.3, -0.25) is 10.1 Å². The summed E-state index contributed by atoms with van der Waals surface area (Å²) in [6, 6.07) is 0.927. The van der Waals surface area contributed by atoms with Crippen molar-refractivity contribution in [3.63, 3.8) is 0 Å². The average molecular weight is 231 g/mol. The van der Waals surface area contributed by atoms with Crippen molar-refractivity contribution in [2.45, 2.75) is 13.3 Å². The highest BCUT2D eigenvalue weighted by Crippen LogP contribution is 2.24. The first kappa shape index (κ1) is 11.4. The zero-order valence-electron chi connectivity index (χ0n) is 7.73. The van der Waals surface area contributed by atoms with Gasteiger partial charge in [-0.2, -0.15) is 0 Å². The Labute approximate surface area is 89.7 Å². The van der Waals surface area contributed by atoms with Crippen LogP contribution < -0.4 is 0 Å². The Morgan fingerprint density at radius 1 is 1.73 bits per heavy atom. The first-order valence-electron chi connectivity index (χ1n) is 4.04. The molecule has 0 saturated heterocycles. The molecule has 7 heteroatoms. The molecule has 0 radical (unpaired) electrons. The molecule has 0 aliphatic heterocycles. The minimum absolute atomic E-state index is 0.176. The summed E-state index contributed by atoms with van der Waals surface area (Å²) in [6.07, 6.45) is 0.315. The molecule has 0 bridgehead atoms. The first-order valence-corrected chi connectivity index (χ1v) is 4.42. The number of halogens is 1. The summed E-state index contributed by atoms with van der Waals surface area (Å²) >= 11 is 5.57. The van der Waals surface area contributed by atoms with Gasteiger partial charge in [-0.15, -0.1) is 0 Å². The van der Waals surface area contributed by atoms with Crippen molar-refractivity contribution in [1.29, 1.82) is 0 Å². The third kappa shape index (κ3) is 2.21. The Morgan fingerprint density at radius 2 is 2.33 bits per heavy atom. The molecule has 0 atom stereocenters. The van der Waals surface area contributed by atoms with Crippen LogP contribution in [0.5, 0.6) is 0 Å². The van der Waals surface area contributed by atoms with Crippen molar-refractivity contribution in [3.05, 3.63) is 32.6 Å². The number of carboxylic acids is 1. The highest BCUT2D eigenvalue weighted by molar-refractivity contribution is 6.32. The molecule has 0 aliphatic carbocycles. The van der Waals surface area contributed by atoms with Gasteiger partial charge >= 0.3 is 5.97 Å². The van der Waals surface area contributed by atoms with E-state index in [1.807, 2.05) is 0 Å². The maximum absolute atomic E-state index is 10.6. The lowest BCUT2D eigenvalue weighted by atomic mass is 10.2. The molecule has 80 valence electrons. The van der Waals surface area contributed by atoms with Crippen LogP contribution in [0.2, 0.25) is 5.15 Å². The Balaban J connectivity index is 3.43. The molecule has 0 aliphatic rings. The predicted molar refractivity (Wildman–Crippen MR) is 52.2 cm³/mol. The van der Waals surface area contributed by atoms with Crippen LogP contribution in [0.1, 0.15) is 23.0 Å². The highest BCUT2D eigenvalue weighted by atomic mass is 35.5. The third-order valence-corrected chi connectivity index (χ3v) is 2.08. The fraction of sp³-hybridized carbons (Fsp3) is 0.250. The van der Waals surface area contributed by atoms with E-state index in [2.05, 4.69) is 4.98 Å². The molecular formula is C8H7ClN2O4. The Bertz CT molecular complexity index is 433. The van der Waals surface area contributed by atoms with E-state index in [0.29, 0.717) is 6.42 Å². The van der Waals surface area contributed by atoms with E-state index in [9.17, 15) is 14.9 Å². The van der Waals surface area contributed by atoms with Crippen molar-refractivity contribution in [2.75, 3.05) is 0 Å². The molecule has 0 aromatic carbocycles. The molecule has 0 unspecified atom stereocenters. The van der Waals surface area contributed by atoms with E-state index in [1.165, 1.54) is 0 Å². The Kier molecular flexibility index (Phi) is 3.21. The second-order valence-corrected chi connectivity index (χ2v) is 3.07. The van der Waals surface area contributed by atoms with Crippen LogP contribution in [0, 0.1) is 10.1 Å². The second-order valence-electron chi connectivity index (χ2n) is 2.71. The smallest absolute Gasteiger partial charge is 0.339 e. The summed E-state index contributed by atoms with van der Waals surface area (Å²) < 4.78 is 0. The van der Waals surface area contributed by atoms with Crippen molar-refractivity contribution >= 4 is 23.3 Å². The number of nitro groups is 1. The standard InChI is InChI=1S/C8H7ClN2O4/c1-2-5-6(11(14)15)3-4(8(12)13)7(9)10-5/h3H,2H2,1H3,(H,12,13). The minimum Gasteiger partial charge on any atom is -0.478 e. The number of rotatable bonds is 3. The molecule has 15 heavy (non-hydrogen) atoms. The van der Waals surface area contributed by atoms with Gasteiger partial charge in [-0.25, -0.2) is 9.78 Å². The van der Waals surface area contributed by atoms with Gasteiger partial charge in [-0.05, 0) is 6.42 Å². The molecule has 0 saturated carbocycles. The highest BCUT2D eigenvalue weighted by Gasteiger charge is 2.21. The molecule has 1 aromatic rings. The van der Waals surface area contributed by atoms with Gasteiger partial charge in [0.1, 0.15) is 16.4 Å². The normalized spacial score (nSPS) is 10.0.